The number of piperidine rings is 1. The zero-order valence-electron chi connectivity index (χ0n) is 15.2. The molecule has 2 N–H and O–H groups in total. The molecule has 1 saturated heterocycles. The van der Waals surface area contributed by atoms with Gasteiger partial charge in [0.1, 0.15) is 0 Å². The van der Waals surface area contributed by atoms with Crippen LogP contribution in [0.25, 0.3) is 0 Å². The van der Waals surface area contributed by atoms with E-state index in [1.54, 1.807) is 12.0 Å². The Morgan fingerprint density at radius 1 is 1.24 bits per heavy atom. The topological polar surface area (TPSA) is 70.7 Å². The van der Waals surface area contributed by atoms with Crippen LogP contribution in [-0.4, -0.2) is 50.2 Å². The number of urea groups is 1. The van der Waals surface area contributed by atoms with Crippen molar-refractivity contribution < 1.29 is 14.3 Å². The molecule has 1 aromatic rings. The Morgan fingerprint density at radius 2 is 2.00 bits per heavy atom. The predicted octanol–water partition coefficient (Wildman–Crippen LogP) is 2.15. The Balaban J connectivity index is 1.84. The van der Waals surface area contributed by atoms with Crippen molar-refractivity contribution in [2.75, 3.05) is 33.4 Å². The number of hydrogen-bond donors (Lipinski definition) is 2. The highest BCUT2D eigenvalue weighted by molar-refractivity contribution is 5.84. The molecule has 138 valence electrons. The highest BCUT2D eigenvalue weighted by Gasteiger charge is 2.39. The van der Waals surface area contributed by atoms with Crippen LogP contribution in [0.15, 0.2) is 30.3 Å². The van der Waals surface area contributed by atoms with Gasteiger partial charge < -0.3 is 20.3 Å². The maximum Gasteiger partial charge on any atom is 0.317 e. The van der Waals surface area contributed by atoms with E-state index in [4.69, 9.17) is 4.74 Å². The van der Waals surface area contributed by atoms with Crippen LogP contribution in [0, 0.1) is 5.41 Å². The van der Waals surface area contributed by atoms with Crippen molar-refractivity contribution >= 4 is 11.9 Å². The Kier molecular flexibility index (Phi) is 7.25. The molecule has 0 saturated carbocycles. The number of likely N-dealkylation sites (tertiary alicyclic amines) is 1. The lowest BCUT2D eigenvalue weighted by Gasteiger charge is -2.39. The van der Waals surface area contributed by atoms with E-state index in [-0.39, 0.29) is 11.9 Å². The average molecular weight is 347 g/mol. The summed E-state index contributed by atoms with van der Waals surface area (Å²) in [6, 6.07) is 9.75. The quantitative estimate of drug-likeness (QED) is 0.743. The molecule has 1 fully saturated rings. The van der Waals surface area contributed by atoms with Gasteiger partial charge in [0.25, 0.3) is 0 Å². The molecule has 1 aromatic carbocycles. The number of hydrogen-bond acceptors (Lipinski definition) is 3. The maximum absolute atomic E-state index is 12.7. The maximum atomic E-state index is 12.7. The zero-order chi connectivity index (χ0) is 18.1. The van der Waals surface area contributed by atoms with Gasteiger partial charge in [-0.1, -0.05) is 30.3 Å². The summed E-state index contributed by atoms with van der Waals surface area (Å²) in [5.74, 6) is 0.00763. The Labute approximate surface area is 149 Å². The minimum Gasteiger partial charge on any atom is -0.385 e. The van der Waals surface area contributed by atoms with Gasteiger partial charge >= 0.3 is 6.03 Å². The molecule has 3 amide bonds. The molecule has 0 radical (unpaired) electrons. The van der Waals surface area contributed by atoms with Gasteiger partial charge in [0.2, 0.25) is 5.91 Å². The largest absolute Gasteiger partial charge is 0.385 e. The predicted molar refractivity (Wildman–Crippen MR) is 97.1 cm³/mol. The minimum absolute atomic E-state index is 0.00763. The highest BCUT2D eigenvalue weighted by Crippen LogP contribution is 2.29. The lowest BCUT2D eigenvalue weighted by molar-refractivity contribution is -0.132. The van der Waals surface area contributed by atoms with Crippen LogP contribution < -0.4 is 10.6 Å². The van der Waals surface area contributed by atoms with Crippen LogP contribution in [0.4, 0.5) is 4.79 Å². The molecular weight excluding hydrogens is 318 g/mol. The summed E-state index contributed by atoms with van der Waals surface area (Å²) in [5.41, 5.74) is 0.527. The molecule has 0 aliphatic carbocycles. The van der Waals surface area contributed by atoms with Crippen molar-refractivity contribution in [3.63, 3.8) is 0 Å². The van der Waals surface area contributed by atoms with E-state index in [0.717, 1.165) is 24.8 Å². The number of nitrogens with one attached hydrogen (secondary N) is 2. The standard InChI is InChI=1S/C19H29N3O3/c1-19(17(23)21-14-16-8-4-3-5-9-16)10-6-12-22(15-19)18(24)20-11-7-13-25-2/h3-5,8-9H,6-7,10-15H2,1-2H3,(H,20,24)(H,21,23). The molecule has 6 nitrogen and oxygen atoms in total. The Hall–Kier alpha value is -2.08. The van der Waals surface area contributed by atoms with E-state index in [2.05, 4.69) is 10.6 Å². The molecule has 0 bridgehead atoms. The van der Waals surface area contributed by atoms with E-state index in [0.29, 0.717) is 32.8 Å². The first kappa shape index (κ1) is 19.2. The fourth-order valence-corrected chi connectivity index (χ4v) is 3.11. The average Bonchev–Trinajstić information content (AvgIpc) is 2.64. The molecule has 25 heavy (non-hydrogen) atoms. The Bertz CT molecular complexity index is 564. The highest BCUT2D eigenvalue weighted by atomic mass is 16.5. The van der Waals surface area contributed by atoms with Gasteiger partial charge in [0.05, 0.1) is 5.41 Å². The van der Waals surface area contributed by atoms with E-state index in [9.17, 15) is 9.59 Å². The van der Waals surface area contributed by atoms with Gasteiger partial charge in [0.15, 0.2) is 0 Å². The number of methoxy groups -OCH3 is 1. The van der Waals surface area contributed by atoms with Crippen LogP contribution in [-0.2, 0) is 16.1 Å². The van der Waals surface area contributed by atoms with Gasteiger partial charge in [-0.25, -0.2) is 4.79 Å². The van der Waals surface area contributed by atoms with Gasteiger partial charge in [-0.15, -0.1) is 0 Å². The molecule has 0 aromatic heterocycles. The van der Waals surface area contributed by atoms with Gasteiger partial charge in [0, 0.05) is 39.9 Å². The molecule has 1 aliphatic rings. The van der Waals surface area contributed by atoms with Crippen LogP contribution in [0.2, 0.25) is 0 Å². The van der Waals surface area contributed by atoms with Gasteiger partial charge in [-0.05, 0) is 31.7 Å². The summed E-state index contributed by atoms with van der Waals surface area (Å²) in [6.07, 6.45) is 2.41. The number of rotatable bonds is 7. The second-order valence-corrected chi connectivity index (χ2v) is 6.83. The molecule has 1 atom stereocenters. The van der Waals surface area contributed by atoms with E-state index < -0.39 is 5.41 Å². The number of carbonyl (C=O) groups is 2. The van der Waals surface area contributed by atoms with E-state index in [1.165, 1.54) is 0 Å². The summed E-state index contributed by atoms with van der Waals surface area (Å²) in [4.78, 5) is 26.7. The van der Waals surface area contributed by atoms with Gasteiger partial charge in [-0.3, -0.25) is 4.79 Å². The first-order valence-electron chi connectivity index (χ1n) is 8.89. The van der Waals surface area contributed by atoms with Crippen molar-refractivity contribution in [1.82, 2.24) is 15.5 Å². The van der Waals surface area contributed by atoms with Crippen molar-refractivity contribution in [3.8, 4) is 0 Å². The molecule has 6 heteroatoms. The lowest BCUT2D eigenvalue weighted by Crippen LogP contribution is -2.54. The number of nitrogens with zero attached hydrogens (tertiary/aromatic N) is 1. The fraction of sp³-hybridized carbons (Fsp3) is 0.579. The molecular formula is C19H29N3O3. The van der Waals surface area contributed by atoms with Gasteiger partial charge in [-0.2, -0.15) is 0 Å². The summed E-state index contributed by atoms with van der Waals surface area (Å²) >= 11 is 0. The third-order valence-corrected chi connectivity index (χ3v) is 4.63. The van der Waals surface area contributed by atoms with Crippen LogP contribution >= 0.6 is 0 Å². The molecule has 2 rings (SSSR count). The summed E-state index contributed by atoms with van der Waals surface area (Å²) in [5, 5.41) is 5.91. The number of ether oxygens (including phenoxy) is 1. The second kappa shape index (κ2) is 9.42. The van der Waals surface area contributed by atoms with Crippen molar-refractivity contribution in [2.24, 2.45) is 5.41 Å². The lowest BCUT2D eigenvalue weighted by atomic mass is 9.81. The smallest absolute Gasteiger partial charge is 0.317 e. The van der Waals surface area contributed by atoms with E-state index in [1.807, 2.05) is 37.3 Å². The zero-order valence-corrected chi connectivity index (χ0v) is 15.2. The van der Waals surface area contributed by atoms with Crippen LogP contribution in [0.1, 0.15) is 31.7 Å². The monoisotopic (exact) mass is 347 g/mol. The molecule has 0 spiro atoms. The first-order chi connectivity index (χ1) is 12.0. The van der Waals surface area contributed by atoms with Crippen molar-refractivity contribution in [3.05, 3.63) is 35.9 Å². The normalized spacial score (nSPS) is 20.2. The third kappa shape index (κ3) is 5.74. The summed E-state index contributed by atoms with van der Waals surface area (Å²) < 4.78 is 4.98. The fourth-order valence-electron chi connectivity index (χ4n) is 3.11. The Morgan fingerprint density at radius 3 is 2.72 bits per heavy atom. The summed E-state index contributed by atoms with van der Waals surface area (Å²) in [6.45, 7) is 4.80. The van der Waals surface area contributed by atoms with Crippen LogP contribution in [0.5, 0.6) is 0 Å². The minimum atomic E-state index is -0.545. The molecule has 1 unspecified atom stereocenters. The molecule has 1 aliphatic heterocycles. The SMILES string of the molecule is COCCCNC(=O)N1CCCC(C)(C(=O)NCc2ccccc2)C1. The first-order valence-corrected chi connectivity index (χ1v) is 8.89. The van der Waals surface area contributed by atoms with Crippen molar-refractivity contribution in [1.29, 1.82) is 0 Å². The van der Waals surface area contributed by atoms with Crippen molar-refractivity contribution in [2.45, 2.75) is 32.7 Å². The number of carbonyl (C=O) groups excluding carboxylic acids is 2. The second-order valence-electron chi connectivity index (χ2n) is 6.83. The summed E-state index contributed by atoms with van der Waals surface area (Å²) in [7, 11) is 1.64. The molecule has 1 heterocycles. The third-order valence-electron chi connectivity index (χ3n) is 4.63. The van der Waals surface area contributed by atoms with Crippen LogP contribution in [0.3, 0.4) is 0 Å². The van der Waals surface area contributed by atoms with E-state index >= 15 is 0 Å². The number of benzene rings is 1. The number of amides is 3.